The van der Waals surface area contributed by atoms with E-state index in [1.807, 2.05) is 20.8 Å². The summed E-state index contributed by atoms with van der Waals surface area (Å²) in [5, 5.41) is 2.66. The fourth-order valence-electron chi connectivity index (χ4n) is 1.99. The van der Waals surface area contributed by atoms with Crippen LogP contribution in [0.2, 0.25) is 0 Å². The number of methoxy groups -OCH3 is 1. The molecular formula is C14H29NO6S. The maximum atomic E-state index is 11.7. The zero-order chi connectivity index (χ0) is 17.2. The van der Waals surface area contributed by atoms with E-state index in [1.54, 1.807) is 7.11 Å². The van der Waals surface area contributed by atoms with Crippen molar-refractivity contribution in [2.24, 2.45) is 5.41 Å². The molecule has 1 N–H and O–H groups in total. The minimum Gasteiger partial charge on any atom is -0.450 e. The van der Waals surface area contributed by atoms with Gasteiger partial charge < -0.3 is 14.8 Å². The zero-order valence-corrected chi connectivity index (χ0v) is 15.0. The summed E-state index contributed by atoms with van der Waals surface area (Å²) in [5.74, 6) is 0. The molecule has 8 heteroatoms. The van der Waals surface area contributed by atoms with Crippen molar-refractivity contribution in [2.45, 2.75) is 46.1 Å². The monoisotopic (exact) mass is 339 g/mol. The van der Waals surface area contributed by atoms with Crippen molar-refractivity contribution >= 4 is 16.2 Å². The Balaban J connectivity index is 4.60. The van der Waals surface area contributed by atoms with Crippen molar-refractivity contribution in [2.75, 3.05) is 33.2 Å². The minimum absolute atomic E-state index is 0.130. The van der Waals surface area contributed by atoms with Crippen molar-refractivity contribution in [1.82, 2.24) is 5.32 Å². The number of rotatable bonds is 11. The van der Waals surface area contributed by atoms with Gasteiger partial charge in [0.2, 0.25) is 0 Å². The number of alkyl carbamates (subject to hydrolysis) is 1. The van der Waals surface area contributed by atoms with E-state index in [2.05, 4.69) is 5.32 Å². The molecule has 0 saturated heterocycles. The van der Waals surface area contributed by atoms with Crippen LogP contribution in [0.3, 0.4) is 0 Å². The average molecular weight is 339 g/mol. The van der Waals surface area contributed by atoms with Gasteiger partial charge in [0.15, 0.2) is 0 Å². The number of hydrogen-bond donors (Lipinski definition) is 1. The van der Waals surface area contributed by atoms with Gasteiger partial charge >= 0.3 is 6.09 Å². The molecule has 132 valence electrons. The average Bonchev–Trinajstić information content (AvgIpc) is 2.35. The number of hydrogen-bond acceptors (Lipinski definition) is 6. The van der Waals surface area contributed by atoms with Crippen LogP contribution in [-0.2, 0) is 23.8 Å². The third-order valence-corrected chi connectivity index (χ3v) is 3.43. The van der Waals surface area contributed by atoms with Crippen LogP contribution in [0.15, 0.2) is 0 Å². The predicted molar refractivity (Wildman–Crippen MR) is 84.2 cm³/mol. The van der Waals surface area contributed by atoms with E-state index in [0.29, 0.717) is 19.6 Å². The Kier molecular flexibility index (Phi) is 9.63. The first kappa shape index (κ1) is 21.1. The molecule has 0 fully saturated rings. The van der Waals surface area contributed by atoms with Gasteiger partial charge in [-0.15, -0.1) is 0 Å². The van der Waals surface area contributed by atoms with Crippen molar-refractivity contribution in [3.05, 3.63) is 0 Å². The summed E-state index contributed by atoms with van der Waals surface area (Å²) in [5.41, 5.74) is -0.239. The van der Waals surface area contributed by atoms with Gasteiger partial charge in [-0.2, -0.15) is 8.42 Å². The molecule has 0 radical (unpaired) electrons. The normalized spacial score (nSPS) is 13.7. The quantitative estimate of drug-likeness (QED) is 0.457. The molecule has 0 saturated carbocycles. The molecule has 0 aromatic rings. The Morgan fingerprint density at radius 1 is 1.32 bits per heavy atom. The van der Waals surface area contributed by atoms with Gasteiger partial charge in [0.1, 0.15) is 0 Å². The van der Waals surface area contributed by atoms with Crippen LogP contribution in [0.25, 0.3) is 0 Å². The highest BCUT2D eigenvalue weighted by atomic mass is 32.2. The van der Waals surface area contributed by atoms with E-state index in [9.17, 15) is 13.2 Å². The van der Waals surface area contributed by atoms with Gasteiger partial charge in [0.05, 0.1) is 32.1 Å². The van der Waals surface area contributed by atoms with Crippen LogP contribution in [0.4, 0.5) is 4.79 Å². The molecular weight excluding hydrogens is 310 g/mol. The number of nitrogens with one attached hydrogen (secondary N) is 1. The molecule has 0 aliphatic rings. The van der Waals surface area contributed by atoms with Gasteiger partial charge in [-0.1, -0.05) is 27.2 Å². The smallest absolute Gasteiger partial charge is 0.407 e. The van der Waals surface area contributed by atoms with E-state index in [-0.39, 0.29) is 12.0 Å². The Bertz CT molecular complexity index is 421. The Labute approximate surface area is 133 Å². The Hall–Kier alpha value is -0.860. The molecule has 0 aliphatic carbocycles. The van der Waals surface area contributed by atoms with Crippen LogP contribution < -0.4 is 5.32 Å². The van der Waals surface area contributed by atoms with E-state index >= 15 is 0 Å². The summed E-state index contributed by atoms with van der Waals surface area (Å²) in [6.07, 6.45) is 2.62. The minimum atomic E-state index is -3.57. The predicted octanol–water partition coefficient (Wildman–Crippen LogP) is 1.92. The van der Waals surface area contributed by atoms with Gasteiger partial charge in [-0.3, -0.25) is 4.18 Å². The fourth-order valence-corrected chi connectivity index (χ4v) is 2.40. The fraction of sp³-hybridized carbons (Fsp3) is 0.929. The van der Waals surface area contributed by atoms with Crippen LogP contribution in [-0.4, -0.2) is 53.7 Å². The highest BCUT2D eigenvalue weighted by Gasteiger charge is 2.26. The first-order chi connectivity index (χ1) is 10.1. The van der Waals surface area contributed by atoms with E-state index in [1.165, 1.54) is 0 Å². The second-order valence-electron chi connectivity index (χ2n) is 6.12. The highest BCUT2D eigenvalue weighted by molar-refractivity contribution is 7.85. The van der Waals surface area contributed by atoms with Crippen LogP contribution >= 0.6 is 0 Å². The zero-order valence-electron chi connectivity index (χ0n) is 14.2. The first-order valence-electron chi connectivity index (χ1n) is 7.36. The van der Waals surface area contributed by atoms with Gasteiger partial charge in [0.25, 0.3) is 10.1 Å². The molecule has 1 unspecified atom stereocenters. The lowest BCUT2D eigenvalue weighted by Gasteiger charge is -2.29. The highest BCUT2D eigenvalue weighted by Crippen LogP contribution is 2.23. The third kappa shape index (κ3) is 11.8. The Morgan fingerprint density at radius 2 is 1.95 bits per heavy atom. The molecule has 0 rings (SSSR count). The SMILES string of the molecule is CCCCOC(=O)NC(COS(C)(=O)=O)CC(C)(C)COC. The van der Waals surface area contributed by atoms with Gasteiger partial charge in [-0.25, -0.2) is 4.79 Å². The Morgan fingerprint density at radius 3 is 2.45 bits per heavy atom. The van der Waals surface area contributed by atoms with Gasteiger partial charge in [0, 0.05) is 7.11 Å². The van der Waals surface area contributed by atoms with Crippen molar-refractivity contribution in [3.63, 3.8) is 0 Å². The summed E-state index contributed by atoms with van der Waals surface area (Å²) in [7, 11) is -1.97. The molecule has 0 spiro atoms. The maximum absolute atomic E-state index is 11.7. The number of unbranched alkanes of at least 4 members (excludes halogenated alkanes) is 1. The third-order valence-electron chi connectivity index (χ3n) is 2.87. The summed E-state index contributed by atoms with van der Waals surface area (Å²) >= 11 is 0. The van der Waals surface area contributed by atoms with Crippen LogP contribution in [0.1, 0.15) is 40.0 Å². The topological polar surface area (TPSA) is 90.9 Å². The number of amides is 1. The lowest BCUT2D eigenvalue weighted by Crippen LogP contribution is -2.42. The second-order valence-corrected chi connectivity index (χ2v) is 7.76. The maximum Gasteiger partial charge on any atom is 0.407 e. The molecule has 0 bridgehead atoms. The van der Waals surface area contributed by atoms with E-state index in [4.69, 9.17) is 13.7 Å². The van der Waals surface area contributed by atoms with Crippen molar-refractivity contribution < 1.29 is 26.9 Å². The molecule has 0 heterocycles. The largest absolute Gasteiger partial charge is 0.450 e. The lowest BCUT2D eigenvalue weighted by atomic mass is 9.87. The molecule has 0 aliphatic heterocycles. The van der Waals surface area contributed by atoms with Crippen molar-refractivity contribution in [1.29, 1.82) is 0 Å². The lowest BCUT2D eigenvalue weighted by molar-refractivity contribution is 0.0799. The summed E-state index contributed by atoms with van der Waals surface area (Å²) in [6, 6.07) is -0.478. The molecule has 0 aromatic carbocycles. The van der Waals surface area contributed by atoms with Crippen molar-refractivity contribution in [3.8, 4) is 0 Å². The number of carbonyl (C=O) groups excluding carboxylic acids is 1. The van der Waals surface area contributed by atoms with Crippen LogP contribution in [0.5, 0.6) is 0 Å². The summed E-state index contributed by atoms with van der Waals surface area (Å²) in [6.45, 7) is 6.62. The summed E-state index contributed by atoms with van der Waals surface area (Å²) in [4.78, 5) is 11.7. The standard InChI is InChI=1S/C14H29NO6S/c1-6-7-8-20-13(16)15-12(10-21-22(5,17)18)9-14(2,3)11-19-4/h12H,6-11H2,1-5H3,(H,15,16). The van der Waals surface area contributed by atoms with E-state index in [0.717, 1.165) is 19.1 Å². The number of ether oxygens (including phenoxy) is 2. The molecule has 22 heavy (non-hydrogen) atoms. The molecule has 1 atom stereocenters. The molecule has 1 amide bonds. The van der Waals surface area contributed by atoms with E-state index < -0.39 is 22.3 Å². The second kappa shape index (κ2) is 10.0. The number of carbonyl (C=O) groups is 1. The first-order valence-corrected chi connectivity index (χ1v) is 9.18. The molecule has 0 aromatic heterocycles. The molecule has 7 nitrogen and oxygen atoms in total. The van der Waals surface area contributed by atoms with Crippen LogP contribution in [0, 0.1) is 5.41 Å². The van der Waals surface area contributed by atoms with Gasteiger partial charge in [-0.05, 0) is 18.3 Å². The summed E-state index contributed by atoms with van der Waals surface area (Å²) < 4.78 is 37.2.